The lowest BCUT2D eigenvalue weighted by atomic mass is 10.2. The molecule has 1 aliphatic rings. The summed E-state index contributed by atoms with van der Waals surface area (Å²) >= 11 is 0. The molecule has 0 bridgehead atoms. The third kappa shape index (κ3) is 4.49. The van der Waals surface area contributed by atoms with Crippen LogP contribution < -0.4 is 5.32 Å². The fraction of sp³-hybridized carbons (Fsp3) is 0.562. The maximum Gasteiger partial charge on any atom is 0.269 e. The fourth-order valence-electron chi connectivity index (χ4n) is 2.53. The van der Waals surface area contributed by atoms with E-state index < -0.39 is 0 Å². The van der Waals surface area contributed by atoms with Gasteiger partial charge in [-0.25, -0.2) is 0 Å². The zero-order valence-corrected chi connectivity index (χ0v) is 13.7. The average molecular weight is 320 g/mol. The van der Waals surface area contributed by atoms with Crippen molar-refractivity contribution in [1.82, 2.24) is 20.1 Å². The third-order valence-electron chi connectivity index (χ3n) is 4.07. The molecule has 0 aliphatic carbocycles. The van der Waals surface area contributed by atoms with Gasteiger partial charge in [-0.15, -0.1) is 0 Å². The molecular weight excluding hydrogens is 296 g/mol. The molecule has 2 rings (SSSR count). The number of hydrogen-bond donors (Lipinski definition) is 2. The van der Waals surface area contributed by atoms with Gasteiger partial charge >= 0.3 is 0 Å². The molecule has 2 N–H and O–H groups in total. The number of rotatable bonds is 5. The standard InChI is InChI=1S/C16H24N4O3/c1-3-13(21)11-19-6-8-20(9-7-19)16(23)12-4-5-14(18-10-12)15(22)17-2/h4-5,10,13,21H,3,6-9,11H2,1-2H3,(H,17,22)/t13-/m0/s1. The van der Waals surface area contributed by atoms with E-state index in [1.54, 1.807) is 17.0 Å². The van der Waals surface area contributed by atoms with Crippen LogP contribution in [0.15, 0.2) is 18.3 Å². The van der Waals surface area contributed by atoms with Gasteiger partial charge in [0, 0.05) is 46.0 Å². The van der Waals surface area contributed by atoms with Crippen molar-refractivity contribution >= 4 is 11.8 Å². The van der Waals surface area contributed by atoms with E-state index in [0.29, 0.717) is 30.9 Å². The summed E-state index contributed by atoms with van der Waals surface area (Å²) in [5.74, 6) is -0.344. The molecule has 1 aromatic heterocycles. The van der Waals surface area contributed by atoms with E-state index in [1.165, 1.54) is 13.2 Å². The Bertz CT molecular complexity index is 539. The molecule has 0 unspecified atom stereocenters. The number of carbonyl (C=O) groups is 2. The molecule has 1 fully saturated rings. The maximum absolute atomic E-state index is 12.5. The molecule has 7 nitrogen and oxygen atoms in total. The van der Waals surface area contributed by atoms with E-state index in [-0.39, 0.29) is 17.9 Å². The zero-order chi connectivity index (χ0) is 16.8. The highest BCUT2D eigenvalue weighted by molar-refractivity contribution is 5.96. The van der Waals surface area contributed by atoms with Gasteiger partial charge < -0.3 is 15.3 Å². The molecule has 1 aliphatic heterocycles. The highest BCUT2D eigenvalue weighted by Crippen LogP contribution is 2.10. The summed E-state index contributed by atoms with van der Waals surface area (Å²) in [7, 11) is 1.54. The van der Waals surface area contributed by atoms with Gasteiger partial charge in [-0.3, -0.25) is 19.5 Å². The summed E-state index contributed by atoms with van der Waals surface area (Å²) in [6, 6.07) is 3.19. The van der Waals surface area contributed by atoms with Crippen LogP contribution in [0.2, 0.25) is 0 Å². The van der Waals surface area contributed by atoms with E-state index in [4.69, 9.17) is 0 Å². The number of hydrogen-bond acceptors (Lipinski definition) is 5. The normalized spacial score (nSPS) is 16.9. The molecule has 0 spiro atoms. The van der Waals surface area contributed by atoms with Crippen molar-refractivity contribution in [1.29, 1.82) is 0 Å². The second-order valence-electron chi connectivity index (χ2n) is 5.67. The Morgan fingerprint density at radius 3 is 2.52 bits per heavy atom. The second-order valence-corrected chi connectivity index (χ2v) is 5.67. The lowest BCUT2D eigenvalue weighted by Gasteiger charge is -2.35. The van der Waals surface area contributed by atoms with E-state index in [0.717, 1.165) is 19.5 Å². The average Bonchev–Trinajstić information content (AvgIpc) is 2.61. The van der Waals surface area contributed by atoms with Gasteiger partial charge in [-0.05, 0) is 18.6 Å². The summed E-state index contributed by atoms with van der Waals surface area (Å²) in [5.41, 5.74) is 0.780. The lowest BCUT2D eigenvalue weighted by Crippen LogP contribution is -2.50. The van der Waals surface area contributed by atoms with Gasteiger partial charge in [0.15, 0.2) is 0 Å². The van der Waals surface area contributed by atoms with Crippen molar-refractivity contribution in [3.63, 3.8) is 0 Å². The van der Waals surface area contributed by atoms with Crippen molar-refractivity contribution in [3.05, 3.63) is 29.6 Å². The van der Waals surface area contributed by atoms with Gasteiger partial charge in [0.25, 0.3) is 11.8 Å². The highest BCUT2D eigenvalue weighted by Gasteiger charge is 2.23. The second kappa shape index (κ2) is 8.03. The number of aliphatic hydroxyl groups is 1. The van der Waals surface area contributed by atoms with Crippen LogP contribution in [0.3, 0.4) is 0 Å². The van der Waals surface area contributed by atoms with Crippen molar-refractivity contribution < 1.29 is 14.7 Å². The number of amides is 2. The van der Waals surface area contributed by atoms with Crippen LogP contribution in [-0.2, 0) is 0 Å². The van der Waals surface area contributed by atoms with Crippen molar-refractivity contribution in [2.45, 2.75) is 19.4 Å². The van der Waals surface area contributed by atoms with Crippen LogP contribution in [0.25, 0.3) is 0 Å². The van der Waals surface area contributed by atoms with Gasteiger partial charge in [0.1, 0.15) is 5.69 Å². The zero-order valence-electron chi connectivity index (χ0n) is 13.7. The van der Waals surface area contributed by atoms with E-state index in [9.17, 15) is 14.7 Å². The lowest BCUT2D eigenvalue weighted by molar-refractivity contribution is 0.0523. The molecular formula is C16H24N4O3. The van der Waals surface area contributed by atoms with Crippen LogP contribution >= 0.6 is 0 Å². The molecule has 23 heavy (non-hydrogen) atoms. The minimum atomic E-state index is -0.307. The SMILES string of the molecule is CC[C@H](O)CN1CCN(C(=O)c2ccc(C(=O)NC)nc2)CC1. The summed E-state index contributed by atoms with van der Waals surface area (Å²) in [6.45, 7) is 5.39. The number of nitrogens with zero attached hydrogens (tertiary/aromatic N) is 3. The van der Waals surface area contributed by atoms with Gasteiger partial charge in [-0.1, -0.05) is 6.92 Å². The van der Waals surface area contributed by atoms with Crippen molar-refractivity contribution in [2.24, 2.45) is 0 Å². The minimum absolute atomic E-state index is 0.0725. The van der Waals surface area contributed by atoms with Gasteiger partial charge in [0.2, 0.25) is 0 Å². The first kappa shape index (κ1) is 17.4. The molecule has 0 saturated carbocycles. The summed E-state index contributed by atoms with van der Waals surface area (Å²) in [6.07, 6.45) is 1.88. The Morgan fingerprint density at radius 2 is 2.00 bits per heavy atom. The number of aliphatic hydroxyl groups excluding tert-OH is 1. The van der Waals surface area contributed by atoms with Gasteiger partial charge in [0.05, 0.1) is 11.7 Å². The monoisotopic (exact) mass is 320 g/mol. The fourth-order valence-corrected chi connectivity index (χ4v) is 2.53. The molecule has 2 amide bonds. The van der Waals surface area contributed by atoms with Crippen LogP contribution in [0.4, 0.5) is 0 Å². The number of carbonyl (C=O) groups excluding carboxylic acids is 2. The number of piperazine rings is 1. The molecule has 0 radical (unpaired) electrons. The van der Waals surface area contributed by atoms with Crippen LogP contribution in [0.5, 0.6) is 0 Å². The van der Waals surface area contributed by atoms with Gasteiger partial charge in [-0.2, -0.15) is 0 Å². The van der Waals surface area contributed by atoms with Crippen molar-refractivity contribution in [2.75, 3.05) is 39.8 Å². The number of pyridine rings is 1. The molecule has 126 valence electrons. The van der Waals surface area contributed by atoms with E-state index in [2.05, 4.69) is 15.2 Å². The quantitative estimate of drug-likeness (QED) is 0.796. The highest BCUT2D eigenvalue weighted by atomic mass is 16.3. The Labute approximate surface area is 136 Å². The van der Waals surface area contributed by atoms with Crippen molar-refractivity contribution in [3.8, 4) is 0 Å². The molecule has 7 heteroatoms. The first-order chi connectivity index (χ1) is 11.0. The molecule has 1 aromatic rings. The topological polar surface area (TPSA) is 85.8 Å². The third-order valence-corrected chi connectivity index (χ3v) is 4.07. The predicted molar refractivity (Wildman–Crippen MR) is 86.3 cm³/mol. The molecule has 2 heterocycles. The molecule has 1 atom stereocenters. The predicted octanol–water partition coefficient (Wildman–Crippen LogP) is -0.0301. The Hall–Kier alpha value is -1.99. The first-order valence-corrected chi connectivity index (χ1v) is 7.93. The number of β-amino-alcohol motifs (C(OH)–C–C–N with tert-alkyl or cyclic N) is 1. The van der Waals surface area contributed by atoms with Crippen LogP contribution in [0, 0.1) is 0 Å². The van der Waals surface area contributed by atoms with Crippen LogP contribution in [0.1, 0.15) is 34.2 Å². The molecule has 1 saturated heterocycles. The summed E-state index contributed by atoms with van der Waals surface area (Å²) in [5, 5.41) is 12.2. The van der Waals surface area contributed by atoms with E-state index >= 15 is 0 Å². The van der Waals surface area contributed by atoms with E-state index in [1.807, 2.05) is 6.92 Å². The first-order valence-electron chi connectivity index (χ1n) is 7.93. The number of aromatic nitrogens is 1. The minimum Gasteiger partial charge on any atom is -0.392 e. The Kier molecular flexibility index (Phi) is 6.06. The smallest absolute Gasteiger partial charge is 0.269 e. The number of nitrogens with one attached hydrogen (secondary N) is 1. The maximum atomic E-state index is 12.5. The van der Waals surface area contributed by atoms with Crippen LogP contribution in [-0.4, -0.2) is 77.6 Å². The summed E-state index contributed by atoms with van der Waals surface area (Å²) < 4.78 is 0. The largest absolute Gasteiger partial charge is 0.392 e. The molecule has 0 aromatic carbocycles. The Morgan fingerprint density at radius 1 is 1.30 bits per heavy atom. The Balaban J connectivity index is 1.91. The summed E-state index contributed by atoms with van der Waals surface area (Å²) in [4.78, 5) is 31.9.